The van der Waals surface area contributed by atoms with Gasteiger partial charge in [0.15, 0.2) is 0 Å². The number of halogens is 1. The third-order valence-corrected chi connectivity index (χ3v) is 4.08. The number of hydrogen-bond acceptors (Lipinski definition) is 3. The molecule has 0 spiro atoms. The summed E-state index contributed by atoms with van der Waals surface area (Å²) in [7, 11) is 0. The molecule has 0 aliphatic carbocycles. The van der Waals surface area contributed by atoms with Gasteiger partial charge >= 0.3 is 5.97 Å². The van der Waals surface area contributed by atoms with E-state index in [0.29, 0.717) is 5.56 Å². The number of aliphatic hydroxyl groups excluding tert-OH is 2. The van der Waals surface area contributed by atoms with Crippen molar-refractivity contribution in [2.75, 3.05) is 13.2 Å². The van der Waals surface area contributed by atoms with Crippen LogP contribution in [0.25, 0.3) is 0 Å². The number of carboxylic acids is 1. The molecular weight excluding hydrogens is 300 g/mol. The van der Waals surface area contributed by atoms with Crippen LogP contribution in [0.5, 0.6) is 0 Å². The van der Waals surface area contributed by atoms with Gasteiger partial charge in [0.05, 0.1) is 13.2 Å². The quantitative estimate of drug-likeness (QED) is 0.699. The third kappa shape index (κ3) is 3.10. The van der Waals surface area contributed by atoms with Gasteiger partial charge in [0.25, 0.3) is 0 Å². The lowest BCUT2D eigenvalue weighted by Crippen LogP contribution is -2.39. The smallest absolute Gasteiger partial charge is 0.325 e. The summed E-state index contributed by atoms with van der Waals surface area (Å²) in [5.74, 6) is -1.04. The predicted octanol–water partition coefficient (Wildman–Crippen LogP) is 1.74. The molecule has 0 saturated heterocycles. The number of hydrogen-bond donors (Lipinski definition) is 3. The Kier molecular flexibility index (Phi) is 4.90. The second-order valence-corrected chi connectivity index (χ2v) is 6.13. The highest BCUT2D eigenvalue weighted by Gasteiger charge is 2.43. The molecule has 100 valence electrons. The highest BCUT2D eigenvalue weighted by atomic mass is 79.9. The van der Waals surface area contributed by atoms with E-state index in [1.807, 2.05) is 0 Å². The minimum atomic E-state index is -1.31. The Balaban J connectivity index is 3.14. The maximum Gasteiger partial charge on any atom is 0.325 e. The molecule has 1 unspecified atom stereocenters. The van der Waals surface area contributed by atoms with Crippen molar-refractivity contribution in [3.8, 4) is 0 Å². The summed E-state index contributed by atoms with van der Waals surface area (Å²) in [6.45, 7) is 1.09. The van der Waals surface area contributed by atoms with Gasteiger partial charge in [0.1, 0.15) is 4.32 Å². The fraction of sp³-hybridized carbons (Fsp3) is 0.462. The van der Waals surface area contributed by atoms with Gasteiger partial charge in [-0.15, -0.1) is 0 Å². The predicted molar refractivity (Wildman–Crippen MR) is 71.6 cm³/mol. The molecule has 0 aliphatic heterocycles. The molecule has 0 fully saturated rings. The minimum Gasteiger partial charge on any atom is -0.480 e. The summed E-state index contributed by atoms with van der Waals surface area (Å²) < 4.78 is -1.31. The Bertz CT molecular complexity index is 403. The van der Waals surface area contributed by atoms with Crippen LogP contribution >= 0.6 is 15.9 Å². The van der Waals surface area contributed by atoms with Crippen molar-refractivity contribution in [2.24, 2.45) is 5.41 Å². The summed E-state index contributed by atoms with van der Waals surface area (Å²) in [5.41, 5.74) is -0.275. The number of carboxylic acid groups (broad SMARTS) is 1. The van der Waals surface area contributed by atoms with Crippen LogP contribution in [-0.4, -0.2) is 34.5 Å². The fourth-order valence-corrected chi connectivity index (χ4v) is 2.69. The molecule has 18 heavy (non-hydrogen) atoms. The van der Waals surface area contributed by atoms with Gasteiger partial charge in [-0.25, -0.2) is 0 Å². The van der Waals surface area contributed by atoms with E-state index in [9.17, 15) is 20.1 Å². The molecule has 5 heteroatoms. The van der Waals surface area contributed by atoms with Gasteiger partial charge in [0.2, 0.25) is 0 Å². The summed E-state index contributed by atoms with van der Waals surface area (Å²) in [4.78, 5) is 11.5. The first-order valence-electron chi connectivity index (χ1n) is 5.57. The number of aliphatic carboxylic acids is 1. The summed E-state index contributed by atoms with van der Waals surface area (Å²) in [6.07, 6.45) is 0.0896. The van der Waals surface area contributed by atoms with E-state index in [0.717, 1.165) is 0 Å². The highest BCUT2D eigenvalue weighted by Crippen LogP contribution is 2.42. The third-order valence-electron chi connectivity index (χ3n) is 3.00. The van der Waals surface area contributed by atoms with E-state index in [2.05, 4.69) is 15.9 Å². The molecule has 0 aliphatic rings. The van der Waals surface area contributed by atoms with Gasteiger partial charge < -0.3 is 15.3 Å². The zero-order valence-electron chi connectivity index (χ0n) is 10.1. The van der Waals surface area contributed by atoms with E-state index in [-0.39, 0.29) is 19.6 Å². The number of alkyl halides is 1. The second-order valence-electron chi connectivity index (χ2n) is 4.78. The normalized spacial score (nSPS) is 15.1. The standard InChI is InChI=1S/C13H17BrO4/c1-12(8-15,9-16)7-13(14,11(17)18)10-5-3-2-4-6-10/h2-6,15-16H,7-9H2,1H3,(H,17,18). The molecule has 1 aromatic carbocycles. The Labute approximate surface area is 114 Å². The highest BCUT2D eigenvalue weighted by molar-refractivity contribution is 9.10. The molecule has 1 aromatic rings. The summed E-state index contributed by atoms with van der Waals surface area (Å²) >= 11 is 3.25. The van der Waals surface area contributed by atoms with E-state index in [1.54, 1.807) is 37.3 Å². The lowest BCUT2D eigenvalue weighted by atomic mass is 9.79. The monoisotopic (exact) mass is 316 g/mol. The van der Waals surface area contributed by atoms with E-state index < -0.39 is 15.7 Å². The Morgan fingerprint density at radius 1 is 1.22 bits per heavy atom. The van der Waals surface area contributed by atoms with Crippen molar-refractivity contribution in [3.05, 3.63) is 35.9 Å². The molecule has 0 amide bonds. The lowest BCUT2D eigenvalue weighted by molar-refractivity contribution is -0.141. The summed E-state index contributed by atoms with van der Waals surface area (Å²) in [6, 6.07) is 8.72. The van der Waals surface area contributed by atoms with Crippen LogP contribution in [0.3, 0.4) is 0 Å². The van der Waals surface area contributed by atoms with Gasteiger partial charge in [-0.2, -0.15) is 0 Å². The number of rotatable bonds is 6. The Hall–Kier alpha value is -0.910. The van der Waals surface area contributed by atoms with Crippen LogP contribution < -0.4 is 0 Å². The zero-order valence-corrected chi connectivity index (χ0v) is 11.7. The molecule has 4 nitrogen and oxygen atoms in total. The first kappa shape index (κ1) is 15.1. The average Bonchev–Trinajstić information content (AvgIpc) is 2.39. The van der Waals surface area contributed by atoms with Crippen molar-refractivity contribution in [1.29, 1.82) is 0 Å². The fourth-order valence-electron chi connectivity index (χ4n) is 1.75. The van der Waals surface area contributed by atoms with Crippen LogP contribution in [0.1, 0.15) is 18.9 Å². The topological polar surface area (TPSA) is 77.8 Å². The van der Waals surface area contributed by atoms with E-state index >= 15 is 0 Å². The lowest BCUT2D eigenvalue weighted by Gasteiger charge is -2.33. The summed E-state index contributed by atoms with van der Waals surface area (Å²) in [5, 5.41) is 28.0. The average molecular weight is 317 g/mol. The molecule has 0 heterocycles. The Morgan fingerprint density at radius 3 is 2.11 bits per heavy atom. The van der Waals surface area contributed by atoms with Crippen molar-refractivity contribution >= 4 is 21.9 Å². The van der Waals surface area contributed by atoms with Crippen molar-refractivity contribution in [1.82, 2.24) is 0 Å². The van der Waals surface area contributed by atoms with Crippen molar-refractivity contribution in [3.63, 3.8) is 0 Å². The van der Waals surface area contributed by atoms with Gasteiger partial charge in [-0.1, -0.05) is 53.2 Å². The number of aliphatic hydroxyl groups is 2. The zero-order chi connectivity index (χ0) is 13.8. The number of benzene rings is 1. The SMILES string of the molecule is CC(CO)(CO)CC(Br)(C(=O)O)c1ccccc1. The first-order valence-corrected chi connectivity index (χ1v) is 6.37. The van der Waals surface area contributed by atoms with Gasteiger partial charge in [-0.3, -0.25) is 4.79 Å². The molecule has 0 saturated carbocycles. The Morgan fingerprint density at radius 2 is 1.72 bits per heavy atom. The molecule has 0 radical (unpaired) electrons. The molecule has 1 atom stereocenters. The van der Waals surface area contributed by atoms with E-state index in [1.165, 1.54) is 0 Å². The van der Waals surface area contributed by atoms with E-state index in [4.69, 9.17) is 0 Å². The van der Waals surface area contributed by atoms with Crippen molar-refractivity contribution in [2.45, 2.75) is 17.7 Å². The van der Waals surface area contributed by atoms with Crippen LogP contribution in [0.2, 0.25) is 0 Å². The molecular formula is C13H17BrO4. The maximum atomic E-state index is 11.5. The van der Waals surface area contributed by atoms with Gasteiger partial charge in [0, 0.05) is 5.41 Å². The molecule has 1 rings (SSSR count). The van der Waals surface area contributed by atoms with Crippen LogP contribution in [0, 0.1) is 5.41 Å². The van der Waals surface area contributed by atoms with Crippen LogP contribution in [0.4, 0.5) is 0 Å². The first-order chi connectivity index (χ1) is 8.38. The maximum absolute atomic E-state index is 11.5. The second kappa shape index (κ2) is 5.82. The number of carbonyl (C=O) groups is 1. The molecule has 0 aromatic heterocycles. The van der Waals surface area contributed by atoms with Gasteiger partial charge in [-0.05, 0) is 12.0 Å². The minimum absolute atomic E-state index is 0.0896. The van der Waals surface area contributed by atoms with Crippen molar-refractivity contribution < 1.29 is 20.1 Å². The largest absolute Gasteiger partial charge is 0.480 e. The molecule has 3 N–H and O–H groups in total. The molecule has 0 bridgehead atoms. The van der Waals surface area contributed by atoms with Crippen LogP contribution in [0.15, 0.2) is 30.3 Å². The van der Waals surface area contributed by atoms with Crippen LogP contribution in [-0.2, 0) is 9.12 Å².